The van der Waals surface area contributed by atoms with E-state index < -0.39 is 0 Å². The monoisotopic (exact) mass is 503 g/mol. The molecule has 1 amide bonds. The van der Waals surface area contributed by atoms with Crippen molar-refractivity contribution in [1.29, 1.82) is 0 Å². The smallest absolute Gasteiger partial charge is 0.226 e. The molecular formula is C30H34ClN3O2. The fourth-order valence-corrected chi connectivity index (χ4v) is 4.64. The number of carbonyl (C=O) groups is 1. The molecule has 1 unspecified atom stereocenters. The maximum absolute atomic E-state index is 13.1. The summed E-state index contributed by atoms with van der Waals surface area (Å²) in [5, 5.41) is 10.5. The molecule has 1 N–H and O–H groups in total. The van der Waals surface area contributed by atoms with Gasteiger partial charge in [-0.15, -0.1) is 0 Å². The topological polar surface area (TPSA) is 56.1 Å². The Morgan fingerprint density at radius 2 is 1.83 bits per heavy atom. The van der Waals surface area contributed by atoms with Gasteiger partial charge in [-0.1, -0.05) is 67.9 Å². The van der Waals surface area contributed by atoms with Crippen molar-refractivity contribution >= 4 is 41.7 Å². The number of anilines is 1. The van der Waals surface area contributed by atoms with E-state index in [1.165, 1.54) is 0 Å². The van der Waals surface area contributed by atoms with E-state index in [2.05, 4.69) is 16.6 Å². The van der Waals surface area contributed by atoms with Crippen LogP contribution in [0, 0.1) is 6.92 Å². The molecule has 0 aromatic heterocycles. The van der Waals surface area contributed by atoms with Gasteiger partial charge in [-0.05, 0) is 66.7 Å². The summed E-state index contributed by atoms with van der Waals surface area (Å²) in [7, 11) is 0. The fourth-order valence-electron chi connectivity index (χ4n) is 4.41. The minimum atomic E-state index is -0.0344. The number of halogens is 1. The lowest BCUT2D eigenvalue weighted by molar-refractivity contribution is -0.131. The van der Waals surface area contributed by atoms with Crippen LogP contribution in [-0.4, -0.2) is 42.3 Å². The third-order valence-corrected chi connectivity index (χ3v) is 6.41. The number of benzene rings is 3. The van der Waals surface area contributed by atoms with E-state index in [0.29, 0.717) is 31.1 Å². The van der Waals surface area contributed by atoms with Crippen LogP contribution in [0.1, 0.15) is 43.0 Å². The first-order chi connectivity index (χ1) is 17.5. The summed E-state index contributed by atoms with van der Waals surface area (Å²) in [4.78, 5) is 21.4. The number of para-hydroxylation sites is 1. The largest absolute Gasteiger partial charge is 0.508 e. The molecule has 3 aromatic rings. The number of amides is 1. The normalized spacial score (nSPS) is 15.4. The molecule has 1 saturated heterocycles. The summed E-state index contributed by atoms with van der Waals surface area (Å²) >= 11 is 6.19. The summed E-state index contributed by atoms with van der Waals surface area (Å²) in [5.74, 6) is 0.303. The second kappa shape index (κ2) is 12.9. The molecule has 3 aromatic carbocycles. The van der Waals surface area contributed by atoms with E-state index in [1.807, 2.05) is 92.4 Å². The number of aliphatic imine (C=N–C) groups is 1. The van der Waals surface area contributed by atoms with Gasteiger partial charge >= 0.3 is 0 Å². The van der Waals surface area contributed by atoms with Crippen LogP contribution in [0.15, 0.2) is 77.8 Å². The number of hydrogen-bond acceptors (Lipinski definition) is 4. The maximum Gasteiger partial charge on any atom is 0.226 e. The summed E-state index contributed by atoms with van der Waals surface area (Å²) in [6, 6.07) is 20.8. The van der Waals surface area contributed by atoms with Crippen molar-refractivity contribution in [2.75, 3.05) is 24.5 Å². The number of nitrogens with zero attached hydrogens (tertiary/aromatic N) is 3. The number of rotatable bonds is 6. The van der Waals surface area contributed by atoms with E-state index in [9.17, 15) is 9.90 Å². The zero-order chi connectivity index (χ0) is 26.1. The van der Waals surface area contributed by atoms with Gasteiger partial charge in [0, 0.05) is 36.8 Å². The Hall–Kier alpha value is -3.57. The molecule has 1 heterocycles. The molecule has 0 bridgehead atoms. The van der Waals surface area contributed by atoms with Crippen molar-refractivity contribution in [2.45, 2.75) is 33.2 Å². The van der Waals surface area contributed by atoms with E-state index in [1.54, 1.807) is 12.1 Å². The minimum Gasteiger partial charge on any atom is -0.508 e. The van der Waals surface area contributed by atoms with Crippen molar-refractivity contribution in [2.24, 2.45) is 4.99 Å². The Balaban J connectivity index is 0.00000176. The molecule has 0 aliphatic carbocycles. The van der Waals surface area contributed by atoms with Crippen molar-refractivity contribution in [3.8, 4) is 5.75 Å². The lowest BCUT2D eigenvalue weighted by Crippen LogP contribution is -2.50. The summed E-state index contributed by atoms with van der Waals surface area (Å²) < 4.78 is 0. The third-order valence-electron chi connectivity index (χ3n) is 6.18. The van der Waals surface area contributed by atoms with Gasteiger partial charge in [-0.25, -0.2) is 0 Å². The van der Waals surface area contributed by atoms with Gasteiger partial charge in [0.25, 0.3) is 0 Å². The predicted molar refractivity (Wildman–Crippen MR) is 152 cm³/mol. The SMILES string of the molecule is C=Nc1ccccc1/C=C\CC(=O)N1CCN(c2ccc(Cl)cc2C)C(c2ccc(O)cc2)C1.CC. The van der Waals surface area contributed by atoms with Gasteiger partial charge in [0.1, 0.15) is 5.75 Å². The van der Waals surface area contributed by atoms with Gasteiger partial charge in [0.2, 0.25) is 5.91 Å². The van der Waals surface area contributed by atoms with Gasteiger partial charge in [-0.3, -0.25) is 9.79 Å². The van der Waals surface area contributed by atoms with Gasteiger partial charge in [-0.2, -0.15) is 0 Å². The van der Waals surface area contributed by atoms with Crippen molar-refractivity contribution in [3.63, 3.8) is 0 Å². The molecule has 1 aliphatic rings. The van der Waals surface area contributed by atoms with Gasteiger partial charge in [0.05, 0.1) is 11.7 Å². The van der Waals surface area contributed by atoms with Crippen LogP contribution in [0.5, 0.6) is 5.75 Å². The molecule has 1 aliphatic heterocycles. The molecular weight excluding hydrogens is 470 g/mol. The Morgan fingerprint density at radius 1 is 1.11 bits per heavy atom. The van der Waals surface area contributed by atoms with Gasteiger partial charge < -0.3 is 14.9 Å². The van der Waals surface area contributed by atoms with Crippen LogP contribution in [-0.2, 0) is 4.79 Å². The Labute approximate surface area is 219 Å². The molecule has 0 saturated carbocycles. The quantitative estimate of drug-likeness (QED) is 0.362. The highest BCUT2D eigenvalue weighted by molar-refractivity contribution is 6.30. The number of phenolic OH excluding ortho intramolecular Hbond substituents is 1. The van der Waals surface area contributed by atoms with Crippen molar-refractivity contribution in [3.05, 3.63) is 94.5 Å². The number of carbonyl (C=O) groups excluding carboxylic acids is 1. The molecule has 5 nitrogen and oxygen atoms in total. The fraction of sp³-hybridized carbons (Fsp3) is 0.267. The average Bonchev–Trinajstić information content (AvgIpc) is 2.90. The summed E-state index contributed by atoms with van der Waals surface area (Å²) in [6.45, 7) is 11.6. The summed E-state index contributed by atoms with van der Waals surface area (Å²) in [5.41, 5.74) is 4.98. The van der Waals surface area contributed by atoms with E-state index in [4.69, 9.17) is 11.6 Å². The van der Waals surface area contributed by atoms with Crippen LogP contribution in [0.4, 0.5) is 11.4 Å². The molecule has 6 heteroatoms. The number of aromatic hydroxyl groups is 1. The lowest BCUT2D eigenvalue weighted by atomic mass is 9.99. The Bertz CT molecular complexity index is 1210. The first kappa shape index (κ1) is 27.0. The Kier molecular flexibility index (Phi) is 9.71. The highest BCUT2D eigenvalue weighted by Gasteiger charge is 2.31. The second-order valence-corrected chi connectivity index (χ2v) is 8.83. The van der Waals surface area contributed by atoms with Gasteiger partial charge in [0.15, 0.2) is 0 Å². The predicted octanol–water partition coefficient (Wildman–Crippen LogP) is 7.21. The molecule has 1 atom stereocenters. The van der Waals surface area contributed by atoms with Crippen LogP contribution in [0.25, 0.3) is 6.08 Å². The zero-order valence-corrected chi connectivity index (χ0v) is 21.9. The van der Waals surface area contributed by atoms with Crippen LogP contribution in [0.3, 0.4) is 0 Å². The van der Waals surface area contributed by atoms with E-state index in [-0.39, 0.29) is 17.7 Å². The molecule has 4 rings (SSSR count). The molecule has 36 heavy (non-hydrogen) atoms. The molecule has 188 valence electrons. The lowest BCUT2D eigenvalue weighted by Gasteiger charge is -2.43. The highest BCUT2D eigenvalue weighted by atomic mass is 35.5. The standard InChI is InChI=1S/C28H28ClN3O2.C2H6/c1-20-18-23(29)12-15-26(20)32-17-16-31(19-27(32)22-10-13-24(33)14-11-22)28(34)9-5-7-21-6-3-4-8-25(21)30-2;1-2/h3-8,10-15,18,27,33H,2,9,16-17,19H2,1H3;1-2H3/b7-5-;. The number of phenols is 1. The zero-order valence-electron chi connectivity index (χ0n) is 21.2. The highest BCUT2D eigenvalue weighted by Crippen LogP contribution is 2.34. The second-order valence-electron chi connectivity index (χ2n) is 8.39. The molecule has 1 fully saturated rings. The minimum absolute atomic E-state index is 0.0344. The first-order valence-corrected chi connectivity index (χ1v) is 12.7. The van der Waals surface area contributed by atoms with E-state index >= 15 is 0 Å². The number of piperazine rings is 1. The van der Waals surface area contributed by atoms with Crippen LogP contribution >= 0.6 is 11.6 Å². The average molecular weight is 504 g/mol. The summed E-state index contributed by atoms with van der Waals surface area (Å²) in [6.07, 6.45) is 4.12. The van der Waals surface area contributed by atoms with Crippen LogP contribution in [0.2, 0.25) is 5.02 Å². The van der Waals surface area contributed by atoms with Crippen molar-refractivity contribution in [1.82, 2.24) is 4.90 Å². The first-order valence-electron chi connectivity index (χ1n) is 12.3. The third kappa shape index (κ3) is 6.55. The number of aryl methyl sites for hydroxylation is 1. The molecule has 0 radical (unpaired) electrons. The Morgan fingerprint density at radius 3 is 2.53 bits per heavy atom. The van der Waals surface area contributed by atoms with E-state index in [0.717, 1.165) is 28.1 Å². The van der Waals surface area contributed by atoms with Crippen molar-refractivity contribution < 1.29 is 9.90 Å². The number of hydrogen-bond donors (Lipinski definition) is 1. The molecule has 0 spiro atoms. The maximum atomic E-state index is 13.1. The van der Waals surface area contributed by atoms with Crippen LogP contribution < -0.4 is 4.90 Å².